The van der Waals surface area contributed by atoms with Crippen molar-refractivity contribution in [2.24, 2.45) is 0 Å². The van der Waals surface area contributed by atoms with E-state index in [9.17, 15) is 9.59 Å². The Morgan fingerprint density at radius 1 is 1.07 bits per heavy atom. The number of hydrogen-bond acceptors (Lipinski definition) is 5. The standard InChI is InChI=1S/C23H19N3O3S/c1-15-10-11-16(23(28)29-2)13-19(15)24-22(27)18-14-26(17-7-4-3-5-8-17)25-21(18)20-9-6-12-30-20/h3-14H,1-2H3,(H,24,27). The second-order valence-electron chi connectivity index (χ2n) is 6.62. The van der Waals surface area contributed by atoms with Crippen LogP contribution in [0.15, 0.2) is 72.2 Å². The molecule has 0 aliphatic carbocycles. The molecule has 1 amide bonds. The number of rotatable bonds is 5. The average Bonchev–Trinajstić information content (AvgIpc) is 3.45. The van der Waals surface area contributed by atoms with Crippen molar-refractivity contribution in [3.8, 4) is 16.3 Å². The molecule has 2 aromatic heterocycles. The van der Waals surface area contributed by atoms with Gasteiger partial charge in [-0.3, -0.25) is 4.79 Å². The molecule has 0 bridgehead atoms. The van der Waals surface area contributed by atoms with Gasteiger partial charge in [0.2, 0.25) is 0 Å². The molecular formula is C23H19N3O3S. The van der Waals surface area contributed by atoms with Crippen LogP contribution in [0.25, 0.3) is 16.3 Å². The number of methoxy groups -OCH3 is 1. The summed E-state index contributed by atoms with van der Waals surface area (Å²) in [5.41, 5.74) is 3.67. The number of nitrogens with one attached hydrogen (secondary N) is 1. The van der Waals surface area contributed by atoms with Gasteiger partial charge in [0.25, 0.3) is 5.91 Å². The molecule has 0 saturated carbocycles. The molecule has 4 aromatic rings. The van der Waals surface area contributed by atoms with Crippen molar-refractivity contribution in [1.29, 1.82) is 0 Å². The Balaban J connectivity index is 1.72. The zero-order valence-electron chi connectivity index (χ0n) is 16.5. The van der Waals surface area contributed by atoms with Crippen LogP contribution in [0.2, 0.25) is 0 Å². The third-order valence-corrected chi connectivity index (χ3v) is 5.52. The fourth-order valence-electron chi connectivity index (χ4n) is 3.04. The molecule has 30 heavy (non-hydrogen) atoms. The van der Waals surface area contributed by atoms with Crippen molar-refractivity contribution in [2.45, 2.75) is 6.92 Å². The highest BCUT2D eigenvalue weighted by Crippen LogP contribution is 2.29. The van der Waals surface area contributed by atoms with E-state index < -0.39 is 5.97 Å². The number of carbonyl (C=O) groups is 2. The summed E-state index contributed by atoms with van der Waals surface area (Å²) in [4.78, 5) is 26.0. The first-order valence-corrected chi connectivity index (χ1v) is 10.1. The van der Waals surface area contributed by atoms with E-state index in [1.54, 1.807) is 29.1 Å². The number of benzene rings is 2. The number of hydrogen-bond donors (Lipinski definition) is 1. The summed E-state index contributed by atoms with van der Waals surface area (Å²) in [5.74, 6) is -0.757. The van der Waals surface area contributed by atoms with E-state index in [2.05, 4.69) is 10.4 Å². The van der Waals surface area contributed by atoms with E-state index in [-0.39, 0.29) is 5.91 Å². The van der Waals surface area contributed by atoms with Crippen LogP contribution in [-0.4, -0.2) is 28.8 Å². The van der Waals surface area contributed by atoms with Gasteiger partial charge < -0.3 is 10.1 Å². The summed E-state index contributed by atoms with van der Waals surface area (Å²) in [6.07, 6.45) is 1.72. The lowest BCUT2D eigenvalue weighted by molar-refractivity contribution is 0.0600. The molecule has 0 radical (unpaired) electrons. The summed E-state index contributed by atoms with van der Waals surface area (Å²) in [6, 6.07) is 18.5. The molecule has 0 unspecified atom stereocenters. The van der Waals surface area contributed by atoms with Crippen LogP contribution in [0.1, 0.15) is 26.3 Å². The minimum Gasteiger partial charge on any atom is -0.465 e. The normalized spacial score (nSPS) is 10.6. The van der Waals surface area contributed by atoms with Gasteiger partial charge in [0.1, 0.15) is 5.69 Å². The summed E-state index contributed by atoms with van der Waals surface area (Å²) >= 11 is 1.52. The highest BCUT2D eigenvalue weighted by atomic mass is 32.1. The van der Waals surface area contributed by atoms with Crippen LogP contribution in [0.5, 0.6) is 0 Å². The number of ether oxygens (including phenoxy) is 1. The Bertz CT molecular complexity index is 1200. The monoisotopic (exact) mass is 417 g/mol. The number of anilines is 1. The van der Waals surface area contributed by atoms with Gasteiger partial charge in [-0.1, -0.05) is 30.3 Å². The van der Waals surface area contributed by atoms with Crippen LogP contribution in [0, 0.1) is 6.92 Å². The molecule has 150 valence electrons. The first-order chi connectivity index (χ1) is 14.6. The number of thiophene rings is 1. The molecule has 2 heterocycles. The van der Waals surface area contributed by atoms with Crippen molar-refractivity contribution in [3.63, 3.8) is 0 Å². The van der Waals surface area contributed by atoms with Crippen LogP contribution in [0.3, 0.4) is 0 Å². The molecular weight excluding hydrogens is 398 g/mol. The number of esters is 1. The van der Waals surface area contributed by atoms with Crippen LogP contribution in [0.4, 0.5) is 5.69 Å². The van der Waals surface area contributed by atoms with Gasteiger partial charge in [-0.15, -0.1) is 11.3 Å². The lowest BCUT2D eigenvalue weighted by atomic mass is 10.1. The molecule has 7 heteroatoms. The van der Waals surface area contributed by atoms with Gasteiger partial charge in [0.05, 0.1) is 28.8 Å². The van der Waals surface area contributed by atoms with Gasteiger partial charge in [0, 0.05) is 11.9 Å². The van der Waals surface area contributed by atoms with Gasteiger partial charge in [-0.2, -0.15) is 5.10 Å². The minimum absolute atomic E-state index is 0.300. The Labute approximate surface area is 177 Å². The van der Waals surface area contributed by atoms with Gasteiger partial charge in [-0.25, -0.2) is 9.48 Å². The number of nitrogens with zero attached hydrogens (tertiary/aromatic N) is 2. The maximum atomic E-state index is 13.2. The first kappa shape index (κ1) is 19.6. The molecule has 0 atom stereocenters. The molecule has 0 fully saturated rings. The summed E-state index contributed by atoms with van der Waals surface area (Å²) in [5, 5.41) is 9.52. The second-order valence-corrected chi connectivity index (χ2v) is 7.57. The van der Waals surface area contributed by atoms with Gasteiger partial charge in [0.15, 0.2) is 0 Å². The largest absolute Gasteiger partial charge is 0.465 e. The van der Waals surface area contributed by atoms with E-state index in [1.165, 1.54) is 18.4 Å². The minimum atomic E-state index is -0.457. The van der Waals surface area contributed by atoms with Crippen molar-refractivity contribution < 1.29 is 14.3 Å². The van der Waals surface area contributed by atoms with Crippen LogP contribution in [-0.2, 0) is 4.74 Å². The van der Waals surface area contributed by atoms with E-state index in [0.717, 1.165) is 16.1 Å². The van der Waals surface area contributed by atoms with E-state index in [0.29, 0.717) is 22.5 Å². The van der Waals surface area contributed by atoms with E-state index >= 15 is 0 Å². The second kappa shape index (κ2) is 8.34. The first-order valence-electron chi connectivity index (χ1n) is 9.26. The topological polar surface area (TPSA) is 73.2 Å². The lowest BCUT2D eigenvalue weighted by Crippen LogP contribution is -2.14. The maximum absolute atomic E-state index is 13.2. The third kappa shape index (κ3) is 3.88. The molecule has 1 N–H and O–H groups in total. The smallest absolute Gasteiger partial charge is 0.337 e. The third-order valence-electron chi connectivity index (χ3n) is 4.64. The number of para-hydroxylation sites is 1. The molecule has 0 aliphatic heterocycles. The fourth-order valence-corrected chi connectivity index (χ4v) is 3.76. The summed E-state index contributed by atoms with van der Waals surface area (Å²) in [7, 11) is 1.33. The lowest BCUT2D eigenvalue weighted by Gasteiger charge is -2.10. The Hall–Kier alpha value is -3.71. The molecule has 2 aromatic carbocycles. The Morgan fingerprint density at radius 3 is 2.57 bits per heavy atom. The van der Waals surface area contributed by atoms with Crippen LogP contribution < -0.4 is 5.32 Å². The number of amides is 1. The fraction of sp³-hybridized carbons (Fsp3) is 0.0870. The van der Waals surface area contributed by atoms with Crippen molar-refractivity contribution >= 4 is 28.9 Å². The van der Waals surface area contributed by atoms with Crippen molar-refractivity contribution in [2.75, 3.05) is 12.4 Å². The molecule has 0 saturated heterocycles. The Morgan fingerprint density at radius 2 is 1.87 bits per heavy atom. The predicted octanol–water partition coefficient (Wildman–Crippen LogP) is 4.95. The summed E-state index contributed by atoms with van der Waals surface area (Å²) in [6.45, 7) is 1.87. The summed E-state index contributed by atoms with van der Waals surface area (Å²) < 4.78 is 6.47. The zero-order chi connectivity index (χ0) is 21.1. The SMILES string of the molecule is COC(=O)c1ccc(C)c(NC(=O)c2cn(-c3ccccc3)nc2-c2cccs2)c1. The molecule has 4 rings (SSSR count). The highest BCUT2D eigenvalue weighted by Gasteiger charge is 2.20. The number of aromatic nitrogens is 2. The highest BCUT2D eigenvalue weighted by molar-refractivity contribution is 7.13. The van der Waals surface area contributed by atoms with Gasteiger partial charge >= 0.3 is 5.97 Å². The Kier molecular flexibility index (Phi) is 5.45. The maximum Gasteiger partial charge on any atom is 0.337 e. The van der Waals surface area contributed by atoms with E-state index in [4.69, 9.17) is 4.74 Å². The molecule has 0 spiro atoms. The van der Waals surface area contributed by atoms with E-state index in [1.807, 2.05) is 54.8 Å². The zero-order valence-corrected chi connectivity index (χ0v) is 17.3. The van der Waals surface area contributed by atoms with Crippen LogP contribution >= 0.6 is 11.3 Å². The number of aryl methyl sites for hydroxylation is 1. The predicted molar refractivity (Wildman–Crippen MR) is 117 cm³/mol. The van der Waals surface area contributed by atoms with Gasteiger partial charge in [-0.05, 0) is 48.2 Å². The van der Waals surface area contributed by atoms with Crippen molar-refractivity contribution in [3.05, 3.63) is 88.9 Å². The quantitative estimate of drug-likeness (QED) is 0.467. The molecule has 6 nitrogen and oxygen atoms in total. The molecule has 0 aliphatic rings. The number of carbonyl (C=O) groups excluding carboxylic acids is 2. The van der Waals surface area contributed by atoms with Crippen molar-refractivity contribution in [1.82, 2.24) is 9.78 Å². The average molecular weight is 417 g/mol.